The van der Waals surface area contributed by atoms with Crippen LogP contribution in [0.4, 0.5) is 17.3 Å². The highest BCUT2D eigenvalue weighted by molar-refractivity contribution is 9.10. The van der Waals surface area contributed by atoms with Crippen molar-refractivity contribution in [2.75, 3.05) is 18.2 Å². The summed E-state index contributed by atoms with van der Waals surface area (Å²) < 4.78 is 6.13. The fraction of sp³-hybridized carbons (Fsp3) is 0.167. The van der Waals surface area contributed by atoms with Crippen molar-refractivity contribution >= 4 is 33.3 Å². The smallest absolute Gasteiger partial charge is 0.138 e. The van der Waals surface area contributed by atoms with Crippen LogP contribution in [0.25, 0.3) is 0 Å². The second kappa shape index (κ2) is 5.22. The molecular formula is C12H13BrN4O. The van der Waals surface area contributed by atoms with Gasteiger partial charge >= 0.3 is 0 Å². The molecule has 0 unspecified atom stereocenters. The molecule has 0 spiro atoms. The van der Waals surface area contributed by atoms with Crippen LogP contribution in [0, 0.1) is 6.92 Å². The molecule has 2 rings (SSSR count). The number of ether oxygens (including phenoxy) is 1. The maximum atomic E-state index is 5.73. The van der Waals surface area contributed by atoms with Crippen LogP contribution in [0.2, 0.25) is 0 Å². The summed E-state index contributed by atoms with van der Waals surface area (Å²) in [5, 5.41) is 3.18. The largest absolute Gasteiger partial charge is 0.495 e. The van der Waals surface area contributed by atoms with E-state index in [2.05, 4.69) is 31.2 Å². The molecule has 3 N–H and O–H groups in total. The van der Waals surface area contributed by atoms with E-state index in [1.54, 1.807) is 7.11 Å². The van der Waals surface area contributed by atoms with Crippen LogP contribution in [-0.2, 0) is 0 Å². The lowest BCUT2D eigenvalue weighted by Crippen LogP contribution is -2.02. The number of hydrogen-bond donors (Lipinski definition) is 2. The van der Waals surface area contributed by atoms with Gasteiger partial charge in [0, 0.05) is 17.3 Å². The number of hydrogen-bond acceptors (Lipinski definition) is 5. The molecule has 0 radical (unpaired) electrons. The number of benzene rings is 1. The van der Waals surface area contributed by atoms with E-state index in [0.717, 1.165) is 21.5 Å². The first-order valence-corrected chi connectivity index (χ1v) is 6.08. The number of nitrogen functional groups attached to an aromatic ring is 1. The number of nitrogens with zero attached hydrogens (tertiary/aromatic N) is 2. The van der Waals surface area contributed by atoms with E-state index in [4.69, 9.17) is 10.5 Å². The van der Waals surface area contributed by atoms with Gasteiger partial charge in [-0.15, -0.1) is 0 Å². The van der Waals surface area contributed by atoms with Gasteiger partial charge in [-0.3, -0.25) is 0 Å². The van der Waals surface area contributed by atoms with Gasteiger partial charge in [0.2, 0.25) is 0 Å². The average Bonchev–Trinajstić information content (AvgIpc) is 2.37. The van der Waals surface area contributed by atoms with E-state index in [9.17, 15) is 0 Å². The topological polar surface area (TPSA) is 73.1 Å². The molecular weight excluding hydrogens is 296 g/mol. The molecule has 5 nitrogen and oxygen atoms in total. The van der Waals surface area contributed by atoms with Gasteiger partial charge in [-0.05, 0) is 35.0 Å². The first-order chi connectivity index (χ1) is 8.61. The molecule has 1 aromatic heterocycles. The van der Waals surface area contributed by atoms with Crippen LogP contribution in [0.5, 0.6) is 5.75 Å². The number of anilines is 3. The molecule has 0 saturated heterocycles. The summed E-state index contributed by atoms with van der Waals surface area (Å²) in [6.07, 6.45) is 1.43. The monoisotopic (exact) mass is 308 g/mol. The second-order valence-electron chi connectivity index (χ2n) is 3.71. The van der Waals surface area contributed by atoms with Gasteiger partial charge in [0.1, 0.15) is 23.7 Å². The van der Waals surface area contributed by atoms with E-state index in [1.807, 2.05) is 25.1 Å². The predicted octanol–water partition coefficient (Wildman–Crippen LogP) is 2.88. The molecule has 0 fully saturated rings. The highest BCUT2D eigenvalue weighted by atomic mass is 79.9. The molecule has 0 aliphatic carbocycles. The standard InChI is InChI=1S/C12H13BrN4O/c1-7-11(14)15-6-16-12(7)17-8-3-4-9(13)10(5-8)18-2/h3-6H,1-2H3,(H3,14,15,16,17). The van der Waals surface area contributed by atoms with Crippen molar-refractivity contribution in [2.24, 2.45) is 0 Å². The highest BCUT2D eigenvalue weighted by Crippen LogP contribution is 2.29. The summed E-state index contributed by atoms with van der Waals surface area (Å²) in [5.41, 5.74) is 7.42. The summed E-state index contributed by atoms with van der Waals surface area (Å²) in [5.74, 6) is 1.91. The zero-order chi connectivity index (χ0) is 13.1. The van der Waals surface area contributed by atoms with Gasteiger partial charge in [-0.25, -0.2) is 9.97 Å². The second-order valence-corrected chi connectivity index (χ2v) is 4.56. The van der Waals surface area contributed by atoms with E-state index in [-0.39, 0.29) is 0 Å². The lowest BCUT2D eigenvalue weighted by molar-refractivity contribution is 0.412. The fourth-order valence-electron chi connectivity index (χ4n) is 1.46. The van der Waals surface area contributed by atoms with Crippen LogP contribution in [-0.4, -0.2) is 17.1 Å². The average molecular weight is 309 g/mol. The van der Waals surface area contributed by atoms with Gasteiger partial charge in [-0.1, -0.05) is 0 Å². The molecule has 0 bridgehead atoms. The van der Waals surface area contributed by atoms with Crippen LogP contribution in [0.1, 0.15) is 5.56 Å². The summed E-state index contributed by atoms with van der Waals surface area (Å²) in [6.45, 7) is 1.87. The van der Waals surface area contributed by atoms with Crippen LogP contribution >= 0.6 is 15.9 Å². The maximum Gasteiger partial charge on any atom is 0.138 e. The molecule has 6 heteroatoms. The SMILES string of the molecule is COc1cc(Nc2ncnc(N)c2C)ccc1Br. The Morgan fingerprint density at radius 1 is 1.33 bits per heavy atom. The normalized spacial score (nSPS) is 10.2. The van der Waals surface area contributed by atoms with E-state index >= 15 is 0 Å². The quantitative estimate of drug-likeness (QED) is 0.912. The zero-order valence-corrected chi connectivity index (χ0v) is 11.7. The molecule has 94 valence electrons. The zero-order valence-electron chi connectivity index (χ0n) is 10.1. The summed E-state index contributed by atoms with van der Waals surface area (Å²) in [4.78, 5) is 8.08. The molecule has 2 aromatic rings. The van der Waals surface area contributed by atoms with Crippen molar-refractivity contribution in [3.05, 3.63) is 34.6 Å². The van der Waals surface area contributed by atoms with Crippen LogP contribution in [0.15, 0.2) is 29.0 Å². The van der Waals surface area contributed by atoms with Gasteiger partial charge < -0.3 is 15.8 Å². The molecule has 1 heterocycles. The molecule has 18 heavy (non-hydrogen) atoms. The Labute approximate surface area is 114 Å². The van der Waals surface area contributed by atoms with Gasteiger partial charge in [0.15, 0.2) is 0 Å². The third kappa shape index (κ3) is 2.53. The minimum Gasteiger partial charge on any atom is -0.495 e. The van der Waals surface area contributed by atoms with Gasteiger partial charge in [-0.2, -0.15) is 0 Å². The van der Waals surface area contributed by atoms with Crippen LogP contribution in [0.3, 0.4) is 0 Å². The summed E-state index contributed by atoms with van der Waals surface area (Å²) in [7, 11) is 1.62. The summed E-state index contributed by atoms with van der Waals surface area (Å²) in [6, 6.07) is 5.70. The predicted molar refractivity (Wildman–Crippen MR) is 75.2 cm³/mol. The number of nitrogens with one attached hydrogen (secondary N) is 1. The third-order valence-corrected chi connectivity index (χ3v) is 3.19. The van der Waals surface area contributed by atoms with Crippen molar-refractivity contribution < 1.29 is 4.74 Å². The Kier molecular flexibility index (Phi) is 3.66. The molecule has 1 aromatic carbocycles. The third-order valence-electron chi connectivity index (χ3n) is 2.54. The molecule has 0 aliphatic heterocycles. The minimum atomic E-state index is 0.469. The van der Waals surface area contributed by atoms with Gasteiger partial charge in [0.05, 0.1) is 11.6 Å². The number of halogens is 1. The Hall–Kier alpha value is -1.82. The molecule has 0 atom stereocenters. The number of nitrogens with two attached hydrogens (primary N) is 1. The Bertz CT molecular complexity index is 574. The lowest BCUT2D eigenvalue weighted by Gasteiger charge is -2.11. The van der Waals surface area contributed by atoms with E-state index in [1.165, 1.54) is 6.33 Å². The number of aromatic nitrogens is 2. The van der Waals surface area contributed by atoms with E-state index in [0.29, 0.717) is 11.6 Å². The molecule has 0 amide bonds. The molecule has 0 aliphatic rings. The van der Waals surface area contributed by atoms with E-state index < -0.39 is 0 Å². The van der Waals surface area contributed by atoms with Crippen molar-refractivity contribution in [1.29, 1.82) is 0 Å². The Balaban J connectivity index is 2.31. The Morgan fingerprint density at radius 3 is 2.83 bits per heavy atom. The Morgan fingerprint density at radius 2 is 2.11 bits per heavy atom. The fourth-order valence-corrected chi connectivity index (χ4v) is 1.87. The van der Waals surface area contributed by atoms with Gasteiger partial charge in [0.25, 0.3) is 0 Å². The first-order valence-electron chi connectivity index (χ1n) is 5.29. The summed E-state index contributed by atoms with van der Waals surface area (Å²) >= 11 is 3.40. The minimum absolute atomic E-state index is 0.469. The maximum absolute atomic E-state index is 5.73. The van der Waals surface area contributed by atoms with Crippen molar-refractivity contribution in [3.63, 3.8) is 0 Å². The highest BCUT2D eigenvalue weighted by Gasteiger charge is 2.06. The first kappa shape index (κ1) is 12.6. The van der Waals surface area contributed by atoms with Crippen molar-refractivity contribution in [1.82, 2.24) is 9.97 Å². The molecule has 0 saturated carbocycles. The van der Waals surface area contributed by atoms with Crippen LogP contribution < -0.4 is 15.8 Å². The van der Waals surface area contributed by atoms with Crippen molar-refractivity contribution in [3.8, 4) is 5.75 Å². The van der Waals surface area contributed by atoms with Crippen molar-refractivity contribution in [2.45, 2.75) is 6.92 Å². The number of rotatable bonds is 3. The lowest BCUT2D eigenvalue weighted by atomic mass is 10.2. The number of methoxy groups -OCH3 is 1.